The van der Waals surface area contributed by atoms with Crippen molar-refractivity contribution in [1.29, 1.82) is 0 Å². The average molecular weight is 343 g/mol. The maximum atomic E-state index is 12.4. The van der Waals surface area contributed by atoms with Crippen molar-refractivity contribution < 1.29 is 13.2 Å². The molecule has 0 saturated carbocycles. The van der Waals surface area contributed by atoms with Crippen LogP contribution in [0.5, 0.6) is 0 Å². The van der Waals surface area contributed by atoms with Crippen LogP contribution in [0.25, 0.3) is 0 Å². The van der Waals surface area contributed by atoms with Crippen molar-refractivity contribution in [2.75, 3.05) is 32.7 Å². The lowest BCUT2D eigenvalue weighted by molar-refractivity contribution is -0.126. The van der Waals surface area contributed by atoms with Gasteiger partial charge in [0.15, 0.2) is 0 Å². The fourth-order valence-electron chi connectivity index (χ4n) is 2.36. The Bertz CT molecular complexity index is 605. The zero-order chi connectivity index (χ0) is 16.2. The predicted octanol–water partition coefficient (Wildman–Crippen LogP) is 0.745. The minimum absolute atomic E-state index is 0.0607. The van der Waals surface area contributed by atoms with Gasteiger partial charge >= 0.3 is 0 Å². The molecule has 0 spiro atoms. The molecule has 0 aliphatic carbocycles. The van der Waals surface area contributed by atoms with Gasteiger partial charge in [0.05, 0.1) is 6.04 Å². The first-order valence-electron chi connectivity index (χ1n) is 7.13. The molecule has 2 heterocycles. The maximum Gasteiger partial charge on any atom is 0.252 e. The van der Waals surface area contributed by atoms with Crippen LogP contribution in [-0.4, -0.2) is 62.3 Å². The van der Waals surface area contributed by atoms with Gasteiger partial charge in [-0.1, -0.05) is 12.1 Å². The average Bonchev–Trinajstić information content (AvgIpc) is 3.07. The van der Waals surface area contributed by atoms with Gasteiger partial charge in [-0.05, 0) is 18.4 Å². The van der Waals surface area contributed by atoms with E-state index in [0.717, 1.165) is 0 Å². The Morgan fingerprint density at radius 3 is 2.68 bits per heavy atom. The highest BCUT2D eigenvalue weighted by atomic mass is 32.2. The molecule has 1 saturated heterocycles. The smallest absolute Gasteiger partial charge is 0.252 e. The first kappa shape index (κ1) is 17.1. The minimum atomic E-state index is -3.39. The van der Waals surface area contributed by atoms with E-state index in [1.807, 2.05) is 11.8 Å². The topological polar surface area (TPSA) is 69.7 Å². The SMILES string of the molecule is C=CCNC(=O)[C@H](C)N1CCN(S(=O)(=O)c2cccs2)CC1. The van der Waals surface area contributed by atoms with E-state index in [4.69, 9.17) is 0 Å². The molecular weight excluding hydrogens is 322 g/mol. The van der Waals surface area contributed by atoms with Crippen LogP contribution in [0.3, 0.4) is 0 Å². The fourth-order valence-corrected chi connectivity index (χ4v) is 4.92. The first-order valence-corrected chi connectivity index (χ1v) is 9.45. The second kappa shape index (κ2) is 7.36. The van der Waals surface area contributed by atoms with E-state index in [1.165, 1.54) is 15.6 Å². The largest absolute Gasteiger partial charge is 0.351 e. The Hall–Kier alpha value is -1.22. The van der Waals surface area contributed by atoms with Gasteiger partial charge in [-0.3, -0.25) is 9.69 Å². The molecule has 8 heteroatoms. The van der Waals surface area contributed by atoms with E-state index in [1.54, 1.807) is 23.6 Å². The van der Waals surface area contributed by atoms with Crippen molar-refractivity contribution in [2.45, 2.75) is 17.2 Å². The lowest BCUT2D eigenvalue weighted by atomic mass is 10.2. The summed E-state index contributed by atoms with van der Waals surface area (Å²) in [6.45, 7) is 7.74. The van der Waals surface area contributed by atoms with Gasteiger partial charge in [0.25, 0.3) is 10.0 Å². The standard InChI is InChI=1S/C14H21N3O3S2/c1-3-6-15-14(18)12(2)16-7-9-17(10-8-16)22(19,20)13-5-4-11-21-13/h3-5,11-12H,1,6-10H2,2H3,(H,15,18)/t12-/m0/s1. The normalized spacial score (nSPS) is 18.8. The van der Waals surface area contributed by atoms with Crippen LogP contribution in [0, 0.1) is 0 Å². The van der Waals surface area contributed by atoms with E-state index >= 15 is 0 Å². The fraction of sp³-hybridized carbons (Fsp3) is 0.500. The second-order valence-electron chi connectivity index (χ2n) is 5.08. The van der Waals surface area contributed by atoms with Gasteiger partial charge in [0.1, 0.15) is 4.21 Å². The molecule has 1 N–H and O–H groups in total. The minimum Gasteiger partial charge on any atom is -0.351 e. The highest BCUT2D eigenvalue weighted by Gasteiger charge is 2.32. The van der Waals surface area contributed by atoms with Crippen molar-refractivity contribution in [3.8, 4) is 0 Å². The molecule has 1 aromatic rings. The van der Waals surface area contributed by atoms with Gasteiger partial charge in [-0.15, -0.1) is 17.9 Å². The molecule has 22 heavy (non-hydrogen) atoms. The van der Waals surface area contributed by atoms with Crippen molar-refractivity contribution in [2.24, 2.45) is 0 Å². The summed E-state index contributed by atoms with van der Waals surface area (Å²) in [5, 5.41) is 4.52. The van der Waals surface area contributed by atoms with Crippen LogP contribution < -0.4 is 5.32 Å². The molecule has 0 radical (unpaired) electrons. The second-order valence-corrected chi connectivity index (χ2v) is 8.19. The Morgan fingerprint density at radius 1 is 1.45 bits per heavy atom. The zero-order valence-corrected chi connectivity index (χ0v) is 14.2. The highest BCUT2D eigenvalue weighted by molar-refractivity contribution is 7.91. The summed E-state index contributed by atoms with van der Waals surface area (Å²) in [7, 11) is -3.39. The van der Waals surface area contributed by atoms with Gasteiger partial charge in [-0.25, -0.2) is 8.42 Å². The van der Waals surface area contributed by atoms with Gasteiger partial charge in [0.2, 0.25) is 5.91 Å². The highest BCUT2D eigenvalue weighted by Crippen LogP contribution is 2.22. The molecule has 1 aliphatic rings. The molecule has 0 bridgehead atoms. The lowest BCUT2D eigenvalue weighted by Crippen LogP contribution is -2.54. The number of rotatable bonds is 6. The van der Waals surface area contributed by atoms with Crippen LogP contribution in [-0.2, 0) is 14.8 Å². The third-order valence-electron chi connectivity index (χ3n) is 3.71. The Labute approximate surface area is 135 Å². The molecule has 6 nitrogen and oxygen atoms in total. The summed E-state index contributed by atoms with van der Waals surface area (Å²) in [4.78, 5) is 13.9. The van der Waals surface area contributed by atoms with Crippen LogP contribution in [0.2, 0.25) is 0 Å². The molecule has 2 rings (SSSR count). The first-order chi connectivity index (χ1) is 10.5. The summed E-state index contributed by atoms with van der Waals surface area (Å²) in [5.41, 5.74) is 0. The number of amides is 1. The van der Waals surface area contributed by atoms with E-state index in [-0.39, 0.29) is 11.9 Å². The predicted molar refractivity (Wildman–Crippen MR) is 87.3 cm³/mol. The van der Waals surface area contributed by atoms with Crippen molar-refractivity contribution in [3.63, 3.8) is 0 Å². The van der Waals surface area contributed by atoms with E-state index in [0.29, 0.717) is 36.9 Å². The number of nitrogens with zero attached hydrogens (tertiary/aromatic N) is 2. The molecule has 1 amide bonds. The summed E-state index contributed by atoms with van der Waals surface area (Å²) < 4.78 is 26.7. The third kappa shape index (κ3) is 3.75. The number of thiophene rings is 1. The molecule has 1 aromatic heterocycles. The molecule has 1 aliphatic heterocycles. The molecular formula is C14H21N3O3S2. The number of carbonyl (C=O) groups is 1. The maximum absolute atomic E-state index is 12.4. The lowest BCUT2D eigenvalue weighted by Gasteiger charge is -2.36. The quantitative estimate of drug-likeness (QED) is 0.774. The summed E-state index contributed by atoms with van der Waals surface area (Å²) >= 11 is 1.23. The number of sulfonamides is 1. The van der Waals surface area contributed by atoms with Crippen LogP contribution in [0.1, 0.15) is 6.92 Å². The van der Waals surface area contributed by atoms with E-state index < -0.39 is 10.0 Å². The Balaban J connectivity index is 1.93. The van der Waals surface area contributed by atoms with Crippen molar-refractivity contribution in [3.05, 3.63) is 30.2 Å². The number of hydrogen-bond donors (Lipinski definition) is 1. The van der Waals surface area contributed by atoms with E-state index in [9.17, 15) is 13.2 Å². The van der Waals surface area contributed by atoms with Crippen molar-refractivity contribution in [1.82, 2.24) is 14.5 Å². The van der Waals surface area contributed by atoms with Crippen LogP contribution in [0.4, 0.5) is 0 Å². The summed E-state index contributed by atoms with van der Waals surface area (Å²) in [6, 6.07) is 3.09. The number of hydrogen-bond acceptors (Lipinski definition) is 5. The van der Waals surface area contributed by atoms with Gasteiger partial charge in [0, 0.05) is 32.7 Å². The summed E-state index contributed by atoms with van der Waals surface area (Å²) in [5.74, 6) is -0.0607. The van der Waals surface area contributed by atoms with Gasteiger partial charge < -0.3 is 5.32 Å². The van der Waals surface area contributed by atoms with E-state index in [2.05, 4.69) is 11.9 Å². The number of nitrogens with one attached hydrogen (secondary N) is 1. The van der Waals surface area contributed by atoms with Crippen LogP contribution in [0.15, 0.2) is 34.4 Å². The van der Waals surface area contributed by atoms with Crippen LogP contribution >= 0.6 is 11.3 Å². The number of piperazine rings is 1. The Kier molecular flexibility index (Phi) is 5.74. The molecule has 0 aromatic carbocycles. The number of carbonyl (C=O) groups excluding carboxylic acids is 1. The van der Waals surface area contributed by atoms with Crippen molar-refractivity contribution >= 4 is 27.3 Å². The van der Waals surface area contributed by atoms with Gasteiger partial charge in [-0.2, -0.15) is 4.31 Å². The molecule has 1 fully saturated rings. The molecule has 122 valence electrons. The monoisotopic (exact) mass is 343 g/mol. The zero-order valence-electron chi connectivity index (χ0n) is 12.6. The Morgan fingerprint density at radius 2 is 2.14 bits per heavy atom. The molecule has 1 atom stereocenters. The summed E-state index contributed by atoms with van der Waals surface area (Å²) in [6.07, 6.45) is 1.64. The third-order valence-corrected chi connectivity index (χ3v) is 6.98. The molecule has 0 unspecified atom stereocenters.